The second-order valence-corrected chi connectivity index (χ2v) is 5.58. The maximum atomic E-state index is 12.5. The van der Waals surface area contributed by atoms with Gasteiger partial charge in [0, 0.05) is 30.4 Å². The molecule has 7 heteroatoms. The van der Waals surface area contributed by atoms with Crippen molar-refractivity contribution in [3.63, 3.8) is 0 Å². The smallest absolute Gasteiger partial charge is 0.316 e. The molecule has 122 valence electrons. The topological polar surface area (TPSA) is 101 Å². The molecule has 3 amide bonds. The number of hydrogen-bond donors (Lipinski definition) is 3. The second-order valence-electron chi connectivity index (χ2n) is 5.58. The van der Waals surface area contributed by atoms with Crippen LogP contribution in [0.15, 0.2) is 24.3 Å². The lowest BCUT2D eigenvalue weighted by Gasteiger charge is -2.34. The van der Waals surface area contributed by atoms with E-state index < -0.39 is 6.03 Å². The van der Waals surface area contributed by atoms with Crippen LogP contribution in [-0.2, 0) is 0 Å². The van der Waals surface area contributed by atoms with Crippen LogP contribution in [0.4, 0.5) is 10.5 Å². The maximum Gasteiger partial charge on any atom is 0.316 e. The van der Waals surface area contributed by atoms with Crippen LogP contribution in [0.1, 0.15) is 30.1 Å². The Morgan fingerprint density at radius 1 is 1.41 bits per heavy atom. The molecule has 2 unspecified atom stereocenters. The minimum Gasteiger partial charge on any atom is -0.351 e. The minimum absolute atomic E-state index is 0. The predicted molar refractivity (Wildman–Crippen MR) is 89.2 cm³/mol. The van der Waals surface area contributed by atoms with Gasteiger partial charge in [0.2, 0.25) is 0 Å². The molecule has 22 heavy (non-hydrogen) atoms. The van der Waals surface area contributed by atoms with Crippen molar-refractivity contribution in [2.75, 3.05) is 18.4 Å². The molecule has 0 spiro atoms. The number of urea groups is 1. The number of carbonyl (C=O) groups excluding carboxylic acids is 2. The molecule has 5 N–H and O–H groups in total. The summed E-state index contributed by atoms with van der Waals surface area (Å²) in [6, 6.07) is 6.25. The molecule has 1 aliphatic rings. The van der Waals surface area contributed by atoms with Crippen molar-refractivity contribution in [1.29, 1.82) is 0 Å². The molecule has 0 bridgehead atoms. The molecule has 0 radical (unpaired) electrons. The summed E-state index contributed by atoms with van der Waals surface area (Å²) in [4.78, 5) is 25.3. The zero-order valence-corrected chi connectivity index (χ0v) is 13.4. The molecule has 2 rings (SSSR count). The first-order valence-electron chi connectivity index (χ1n) is 7.18. The van der Waals surface area contributed by atoms with Crippen LogP contribution in [0.25, 0.3) is 0 Å². The van der Waals surface area contributed by atoms with E-state index in [0.29, 0.717) is 23.7 Å². The van der Waals surface area contributed by atoms with Gasteiger partial charge in [-0.3, -0.25) is 4.79 Å². The summed E-state index contributed by atoms with van der Waals surface area (Å²) in [5.41, 5.74) is 12.1. The molecule has 1 fully saturated rings. The van der Waals surface area contributed by atoms with E-state index in [1.54, 1.807) is 24.3 Å². The van der Waals surface area contributed by atoms with Gasteiger partial charge in [0.05, 0.1) is 0 Å². The molecule has 1 aromatic carbocycles. The van der Waals surface area contributed by atoms with Crippen molar-refractivity contribution in [2.45, 2.75) is 25.8 Å². The summed E-state index contributed by atoms with van der Waals surface area (Å²) in [6.07, 6.45) is 2.03. The highest BCUT2D eigenvalue weighted by atomic mass is 35.5. The highest BCUT2D eigenvalue weighted by Gasteiger charge is 2.26. The standard InChI is InChI=1S/C15H22N4O2.ClH/c1-10(16)12-5-3-7-19(9-12)14(20)11-4-2-6-13(8-11)18-15(17)21;/h2,4,6,8,10,12H,3,5,7,9,16H2,1H3,(H3,17,18,21);1H. The molecule has 6 nitrogen and oxygen atoms in total. The monoisotopic (exact) mass is 326 g/mol. The number of primary amides is 1. The van der Waals surface area contributed by atoms with Gasteiger partial charge >= 0.3 is 6.03 Å². The molecule has 1 aromatic rings. The molecule has 1 saturated heterocycles. The number of halogens is 1. The second kappa shape index (κ2) is 8.00. The Kier molecular flexibility index (Phi) is 6.64. The first kappa shape index (κ1) is 18.3. The van der Waals surface area contributed by atoms with E-state index in [1.165, 1.54) is 0 Å². The van der Waals surface area contributed by atoms with Crippen molar-refractivity contribution in [3.05, 3.63) is 29.8 Å². The van der Waals surface area contributed by atoms with E-state index in [1.807, 2.05) is 11.8 Å². The molecule has 0 aliphatic carbocycles. The van der Waals surface area contributed by atoms with Crippen molar-refractivity contribution in [3.8, 4) is 0 Å². The van der Waals surface area contributed by atoms with E-state index in [4.69, 9.17) is 11.5 Å². The summed E-state index contributed by atoms with van der Waals surface area (Å²) in [5.74, 6) is 0.308. The molecular weight excluding hydrogens is 304 g/mol. The lowest BCUT2D eigenvalue weighted by atomic mass is 9.92. The fourth-order valence-electron chi connectivity index (χ4n) is 2.68. The number of carbonyl (C=O) groups is 2. The first-order valence-corrected chi connectivity index (χ1v) is 7.18. The summed E-state index contributed by atoms with van der Waals surface area (Å²) in [5, 5.41) is 2.48. The molecule has 2 atom stereocenters. The van der Waals surface area contributed by atoms with E-state index >= 15 is 0 Å². The van der Waals surface area contributed by atoms with E-state index in [-0.39, 0.29) is 24.4 Å². The van der Waals surface area contributed by atoms with Crippen LogP contribution >= 0.6 is 12.4 Å². The van der Waals surface area contributed by atoms with E-state index in [2.05, 4.69) is 5.32 Å². The number of piperidine rings is 1. The van der Waals surface area contributed by atoms with Gasteiger partial charge in [-0.2, -0.15) is 0 Å². The van der Waals surface area contributed by atoms with Crippen LogP contribution in [0.3, 0.4) is 0 Å². The Labute approximate surface area is 136 Å². The summed E-state index contributed by atoms with van der Waals surface area (Å²) in [6.45, 7) is 3.41. The van der Waals surface area contributed by atoms with Crippen molar-refractivity contribution < 1.29 is 9.59 Å². The Morgan fingerprint density at radius 3 is 2.77 bits per heavy atom. The minimum atomic E-state index is -0.644. The lowest BCUT2D eigenvalue weighted by Crippen LogP contribution is -2.45. The highest BCUT2D eigenvalue weighted by Crippen LogP contribution is 2.21. The number of nitrogens with one attached hydrogen (secondary N) is 1. The van der Waals surface area contributed by atoms with Gasteiger partial charge in [-0.25, -0.2) is 4.79 Å². The number of rotatable bonds is 3. The number of anilines is 1. The number of amides is 3. The zero-order valence-electron chi connectivity index (χ0n) is 12.6. The number of likely N-dealkylation sites (tertiary alicyclic amines) is 1. The number of nitrogens with zero attached hydrogens (tertiary/aromatic N) is 1. The van der Waals surface area contributed by atoms with Gasteiger partial charge in [-0.05, 0) is 43.9 Å². The van der Waals surface area contributed by atoms with Gasteiger partial charge in [-0.1, -0.05) is 6.07 Å². The van der Waals surface area contributed by atoms with Crippen molar-refractivity contribution in [2.24, 2.45) is 17.4 Å². The van der Waals surface area contributed by atoms with Crippen LogP contribution in [0.2, 0.25) is 0 Å². The van der Waals surface area contributed by atoms with Crippen LogP contribution in [0.5, 0.6) is 0 Å². The average molecular weight is 327 g/mol. The van der Waals surface area contributed by atoms with E-state index in [9.17, 15) is 9.59 Å². The normalized spacial score (nSPS) is 19.0. The maximum absolute atomic E-state index is 12.5. The number of nitrogens with two attached hydrogens (primary N) is 2. The average Bonchev–Trinajstić information content (AvgIpc) is 2.46. The molecule has 1 heterocycles. The van der Waals surface area contributed by atoms with Crippen LogP contribution in [0, 0.1) is 5.92 Å². The third-order valence-electron chi connectivity index (χ3n) is 3.87. The molecule has 0 saturated carbocycles. The Balaban J connectivity index is 0.00000242. The SMILES string of the molecule is CC(N)C1CCCN(C(=O)c2cccc(NC(N)=O)c2)C1.Cl. The van der Waals surface area contributed by atoms with Gasteiger partial charge in [0.25, 0.3) is 5.91 Å². The Bertz CT molecular complexity index is 536. The summed E-state index contributed by atoms with van der Waals surface area (Å²) in [7, 11) is 0. The van der Waals surface area contributed by atoms with E-state index in [0.717, 1.165) is 19.4 Å². The fraction of sp³-hybridized carbons (Fsp3) is 0.467. The Hall–Kier alpha value is -1.79. The number of benzene rings is 1. The van der Waals surface area contributed by atoms with Gasteiger partial charge < -0.3 is 21.7 Å². The van der Waals surface area contributed by atoms with Crippen LogP contribution < -0.4 is 16.8 Å². The third-order valence-corrected chi connectivity index (χ3v) is 3.87. The Morgan fingerprint density at radius 2 is 2.14 bits per heavy atom. The predicted octanol–water partition coefficient (Wildman–Crippen LogP) is 1.80. The highest BCUT2D eigenvalue weighted by molar-refractivity contribution is 5.96. The quantitative estimate of drug-likeness (QED) is 0.789. The largest absolute Gasteiger partial charge is 0.351 e. The third kappa shape index (κ3) is 4.61. The number of hydrogen-bond acceptors (Lipinski definition) is 3. The first-order chi connectivity index (χ1) is 9.97. The van der Waals surface area contributed by atoms with Gasteiger partial charge in [0.1, 0.15) is 0 Å². The molecular formula is C15H23ClN4O2. The van der Waals surface area contributed by atoms with Gasteiger partial charge in [0.15, 0.2) is 0 Å². The molecule has 0 aromatic heterocycles. The van der Waals surface area contributed by atoms with Gasteiger partial charge in [-0.15, -0.1) is 12.4 Å². The summed E-state index contributed by atoms with van der Waals surface area (Å²) < 4.78 is 0. The zero-order chi connectivity index (χ0) is 15.4. The lowest BCUT2D eigenvalue weighted by molar-refractivity contribution is 0.0661. The van der Waals surface area contributed by atoms with Crippen LogP contribution in [-0.4, -0.2) is 36.0 Å². The van der Waals surface area contributed by atoms with Crippen molar-refractivity contribution in [1.82, 2.24) is 4.90 Å². The molecule has 1 aliphatic heterocycles. The summed E-state index contributed by atoms with van der Waals surface area (Å²) >= 11 is 0. The fourth-order valence-corrected chi connectivity index (χ4v) is 2.68. The van der Waals surface area contributed by atoms with Crippen molar-refractivity contribution >= 4 is 30.0 Å².